The number of para-hydroxylation sites is 1. The first-order valence-electron chi connectivity index (χ1n) is 5.99. The van der Waals surface area contributed by atoms with Crippen molar-refractivity contribution in [2.45, 2.75) is 18.2 Å². The van der Waals surface area contributed by atoms with Gasteiger partial charge in [0.05, 0.1) is 5.56 Å². The minimum Gasteiger partial charge on any atom is -0.322 e. The smallest absolute Gasteiger partial charge is 0.258 e. The van der Waals surface area contributed by atoms with E-state index in [0.717, 1.165) is 12.0 Å². The quantitative estimate of drug-likeness (QED) is 0.817. The Balaban J connectivity index is 2.28. The second kappa shape index (κ2) is 5.89. The highest BCUT2D eigenvalue weighted by Crippen LogP contribution is 2.19. The van der Waals surface area contributed by atoms with Crippen LogP contribution in [0.4, 0.5) is 10.1 Å². The Morgan fingerprint density at radius 1 is 1.26 bits per heavy atom. The molecule has 0 saturated carbocycles. The Hall–Kier alpha value is -1.81. The summed E-state index contributed by atoms with van der Waals surface area (Å²) >= 11 is 4.11. The van der Waals surface area contributed by atoms with Crippen LogP contribution in [-0.2, 0) is 6.42 Å². The molecule has 19 heavy (non-hydrogen) atoms. The fraction of sp³-hybridized carbons (Fsp3) is 0.133. The maximum Gasteiger partial charge on any atom is 0.258 e. The molecule has 2 rings (SSSR count). The average molecular weight is 275 g/mol. The molecule has 0 aliphatic rings. The van der Waals surface area contributed by atoms with Gasteiger partial charge in [0.2, 0.25) is 0 Å². The second-order valence-electron chi connectivity index (χ2n) is 4.13. The highest BCUT2D eigenvalue weighted by atomic mass is 32.1. The maximum absolute atomic E-state index is 13.6. The zero-order valence-corrected chi connectivity index (χ0v) is 11.4. The van der Waals surface area contributed by atoms with Crippen LogP contribution in [0.5, 0.6) is 0 Å². The van der Waals surface area contributed by atoms with Gasteiger partial charge in [-0.1, -0.05) is 25.1 Å². The summed E-state index contributed by atoms with van der Waals surface area (Å²) in [5.41, 5.74) is 1.72. The summed E-state index contributed by atoms with van der Waals surface area (Å²) in [4.78, 5) is 12.6. The Labute approximate surface area is 117 Å². The van der Waals surface area contributed by atoms with Crippen molar-refractivity contribution in [3.05, 3.63) is 59.4 Å². The van der Waals surface area contributed by atoms with Crippen LogP contribution in [0.25, 0.3) is 0 Å². The number of carbonyl (C=O) groups is 1. The highest BCUT2D eigenvalue weighted by Gasteiger charge is 2.13. The van der Waals surface area contributed by atoms with Crippen LogP contribution in [0.2, 0.25) is 0 Å². The third-order valence-corrected chi connectivity index (χ3v) is 3.12. The van der Waals surface area contributed by atoms with E-state index in [4.69, 9.17) is 0 Å². The van der Waals surface area contributed by atoms with Gasteiger partial charge < -0.3 is 5.32 Å². The first-order valence-corrected chi connectivity index (χ1v) is 6.44. The molecule has 4 heteroatoms. The summed E-state index contributed by atoms with van der Waals surface area (Å²) in [5.74, 6) is -1.02. The number of halogens is 1. The van der Waals surface area contributed by atoms with Crippen molar-refractivity contribution < 1.29 is 9.18 Å². The van der Waals surface area contributed by atoms with Crippen molar-refractivity contribution in [3.63, 3.8) is 0 Å². The second-order valence-corrected chi connectivity index (χ2v) is 4.65. The van der Waals surface area contributed by atoms with Crippen LogP contribution in [0.1, 0.15) is 22.8 Å². The van der Waals surface area contributed by atoms with Crippen molar-refractivity contribution in [1.29, 1.82) is 0 Å². The molecular weight excluding hydrogens is 261 g/mol. The standard InChI is InChI=1S/C15H14FNOS/c1-2-10-5-3-4-6-14(10)17-15(18)12-9-11(19)7-8-13(12)16/h3-9,19H,2H2,1H3,(H,17,18). The lowest BCUT2D eigenvalue weighted by Crippen LogP contribution is -2.15. The Kier molecular flexibility index (Phi) is 4.22. The summed E-state index contributed by atoms with van der Waals surface area (Å²) in [6.07, 6.45) is 0.797. The minimum absolute atomic E-state index is 0.00148. The molecule has 0 spiro atoms. The van der Waals surface area contributed by atoms with Gasteiger partial charge in [-0.25, -0.2) is 4.39 Å². The molecule has 0 fully saturated rings. The number of aryl methyl sites for hydroxylation is 1. The van der Waals surface area contributed by atoms with Crippen molar-refractivity contribution in [2.75, 3.05) is 5.32 Å². The summed E-state index contributed by atoms with van der Waals surface area (Å²) in [6, 6.07) is 11.6. The number of carbonyl (C=O) groups excluding carboxylic acids is 1. The first kappa shape index (κ1) is 13.6. The molecule has 0 bridgehead atoms. The summed E-state index contributed by atoms with van der Waals surface area (Å²) < 4.78 is 13.6. The fourth-order valence-electron chi connectivity index (χ4n) is 1.83. The summed E-state index contributed by atoms with van der Waals surface area (Å²) in [5, 5.41) is 2.73. The van der Waals surface area contributed by atoms with E-state index in [-0.39, 0.29) is 5.56 Å². The number of benzene rings is 2. The fourth-order valence-corrected chi connectivity index (χ4v) is 2.03. The van der Waals surface area contributed by atoms with Crippen LogP contribution in [0.15, 0.2) is 47.4 Å². The maximum atomic E-state index is 13.6. The van der Waals surface area contributed by atoms with Gasteiger partial charge in [0.1, 0.15) is 5.82 Å². The molecule has 0 radical (unpaired) electrons. The molecular formula is C15H14FNOS. The molecule has 2 aromatic carbocycles. The zero-order chi connectivity index (χ0) is 13.8. The molecule has 98 valence electrons. The van der Waals surface area contributed by atoms with E-state index >= 15 is 0 Å². The van der Waals surface area contributed by atoms with Crippen molar-refractivity contribution >= 4 is 24.2 Å². The van der Waals surface area contributed by atoms with Gasteiger partial charge in [-0.05, 0) is 36.2 Å². The molecule has 2 nitrogen and oxygen atoms in total. The topological polar surface area (TPSA) is 29.1 Å². The van der Waals surface area contributed by atoms with Gasteiger partial charge in [0, 0.05) is 10.6 Å². The molecule has 0 aromatic heterocycles. The Morgan fingerprint density at radius 3 is 2.74 bits per heavy atom. The van der Waals surface area contributed by atoms with E-state index in [1.54, 1.807) is 6.07 Å². The third-order valence-electron chi connectivity index (χ3n) is 2.84. The number of amides is 1. The summed E-state index contributed by atoms with van der Waals surface area (Å²) in [7, 11) is 0. The van der Waals surface area contributed by atoms with Crippen molar-refractivity contribution in [2.24, 2.45) is 0 Å². The Bertz CT molecular complexity index is 613. The van der Waals surface area contributed by atoms with Crippen LogP contribution in [0.3, 0.4) is 0 Å². The number of hydrogen-bond donors (Lipinski definition) is 2. The van der Waals surface area contributed by atoms with E-state index in [1.165, 1.54) is 18.2 Å². The molecule has 0 atom stereocenters. The lowest BCUT2D eigenvalue weighted by molar-refractivity contribution is 0.102. The van der Waals surface area contributed by atoms with Crippen LogP contribution in [-0.4, -0.2) is 5.91 Å². The zero-order valence-electron chi connectivity index (χ0n) is 10.5. The van der Waals surface area contributed by atoms with Gasteiger partial charge in [0.15, 0.2) is 0 Å². The highest BCUT2D eigenvalue weighted by molar-refractivity contribution is 7.80. The molecule has 0 unspecified atom stereocenters. The normalized spacial score (nSPS) is 10.3. The van der Waals surface area contributed by atoms with Crippen molar-refractivity contribution in [1.82, 2.24) is 0 Å². The van der Waals surface area contributed by atoms with Crippen LogP contribution < -0.4 is 5.32 Å². The number of thiol groups is 1. The van der Waals surface area contributed by atoms with Gasteiger partial charge in [0.25, 0.3) is 5.91 Å². The van der Waals surface area contributed by atoms with Gasteiger partial charge in [-0.2, -0.15) is 0 Å². The first-order chi connectivity index (χ1) is 9.11. The predicted octanol–water partition coefficient (Wildman–Crippen LogP) is 3.93. The number of rotatable bonds is 3. The van der Waals surface area contributed by atoms with E-state index in [0.29, 0.717) is 10.6 Å². The van der Waals surface area contributed by atoms with Gasteiger partial charge in [-0.3, -0.25) is 4.79 Å². The van der Waals surface area contributed by atoms with Crippen LogP contribution in [0, 0.1) is 5.82 Å². The van der Waals surface area contributed by atoms with E-state index in [2.05, 4.69) is 17.9 Å². The Morgan fingerprint density at radius 2 is 2.00 bits per heavy atom. The number of anilines is 1. The van der Waals surface area contributed by atoms with E-state index in [1.807, 2.05) is 25.1 Å². The molecule has 1 amide bonds. The van der Waals surface area contributed by atoms with Gasteiger partial charge in [-0.15, -0.1) is 12.6 Å². The monoisotopic (exact) mass is 275 g/mol. The minimum atomic E-state index is -0.552. The molecule has 1 N–H and O–H groups in total. The summed E-state index contributed by atoms with van der Waals surface area (Å²) in [6.45, 7) is 2.00. The SMILES string of the molecule is CCc1ccccc1NC(=O)c1cc(S)ccc1F. The molecule has 0 saturated heterocycles. The molecule has 0 heterocycles. The third kappa shape index (κ3) is 3.15. The average Bonchev–Trinajstić information content (AvgIpc) is 2.42. The number of hydrogen-bond acceptors (Lipinski definition) is 2. The van der Waals surface area contributed by atoms with Gasteiger partial charge >= 0.3 is 0 Å². The van der Waals surface area contributed by atoms with Crippen LogP contribution >= 0.6 is 12.6 Å². The van der Waals surface area contributed by atoms with Crippen molar-refractivity contribution in [3.8, 4) is 0 Å². The van der Waals surface area contributed by atoms with E-state index < -0.39 is 11.7 Å². The molecule has 2 aromatic rings. The molecule has 0 aliphatic carbocycles. The lowest BCUT2D eigenvalue weighted by Gasteiger charge is -2.10. The molecule has 0 aliphatic heterocycles. The number of nitrogens with one attached hydrogen (secondary N) is 1. The largest absolute Gasteiger partial charge is 0.322 e. The van der Waals surface area contributed by atoms with E-state index in [9.17, 15) is 9.18 Å². The predicted molar refractivity (Wildman–Crippen MR) is 77.4 cm³/mol. The lowest BCUT2D eigenvalue weighted by atomic mass is 10.1.